The Labute approximate surface area is 127 Å². The van der Waals surface area contributed by atoms with Crippen molar-refractivity contribution >= 4 is 17.6 Å². The lowest BCUT2D eigenvalue weighted by molar-refractivity contribution is -0.139. The summed E-state index contributed by atoms with van der Waals surface area (Å²) in [5.74, 6) is -1.46. The number of aryl methyl sites for hydroxylation is 1. The molecular weight excluding hydrogens is 282 g/mol. The summed E-state index contributed by atoms with van der Waals surface area (Å²) < 4.78 is 0. The molecular formula is C16H15N3O3. The first-order chi connectivity index (χ1) is 10.5. The van der Waals surface area contributed by atoms with E-state index in [1.165, 1.54) is 0 Å². The molecule has 0 radical (unpaired) electrons. The summed E-state index contributed by atoms with van der Waals surface area (Å²) in [6, 6.07) is 9.11. The number of carbonyl (C=O) groups excluding carboxylic acids is 1. The molecule has 0 aliphatic heterocycles. The van der Waals surface area contributed by atoms with Crippen LogP contribution in [0.25, 0.3) is 11.3 Å². The number of benzene rings is 1. The van der Waals surface area contributed by atoms with Crippen molar-refractivity contribution in [2.24, 2.45) is 11.8 Å². The molecule has 1 aromatic carbocycles. The van der Waals surface area contributed by atoms with E-state index in [-0.39, 0.29) is 5.91 Å². The summed E-state index contributed by atoms with van der Waals surface area (Å²) in [7, 11) is 0. The van der Waals surface area contributed by atoms with Gasteiger partial charge in [-0.2, -0.15) is 0 Å². The summed E-state index contributed by atoms with van der Waals surface area (Å²) in [6.07, 6.45) is 2.09. The van der Waals surface area contributed by atoms with Gasteiger partial charge in [0.2, 0.25) is 5.91 Å². The summed E-state index contributed by atoms with van der Waals surface area (Å²) in [5, 5.41) is 11.6. The number of nitrogens with zero attached hydrogens (tertiary/aromatic N) is 2. The lowest BCUT2D eigenvalue weighted by atomic mass is 10.1. The van der Waals surface area contributed by atoms with Gasteiger partial charge >= 0.3 is 5.97 Å². The third kappa shape index (κ3) is 2.95. The number of carboxylic acids is 1. The van der Waals surface area contributed by atoms with Crippen LogP contribution in [0.2, 0.25) is 0 Å². The maximum atomic E-state index is 12.0. The molecule has 3 rings (SSSR count). The summed E-state index contributed by atoms with van der Waals surface area (Å²) in [5.41, 5.74) is 2.28. The van der Waals surface area contributed by atoms with Crippen molar-refractivity contribution in [1.82, 2.24) is 9.97 Å². The predicted molar refractivity (Wildman–Crippen MR) is 80.1 cm³/mol. The van der Waals surface area contributed by atoms with E-state index in [9.17, 15) is 9.59 Å². The molecule has 2 aromatic rings. The standard InChI is InChI=1S/C16H15N3O3/c1-9-17-6-5-14(18-9)10-3-2-4-11(7-10)19-15(20)12-8-13(12)16(21)22/h2-7,12-13H,8H2,1H3,(H,19,20)(H,21,22). The molecule has 1 aliphatic rings. The molecule has 2 N–H and O–H groups in total. The van der Waals surface area contributed by atoms with E-state index in [2.05, 4.69) is 15.3 Å². The van der Waals surface area contributed by atoms with Gasteiger partial charge in [-0.05, 0) is 31.5 Å². The van der Waals surface area contributed by atoms with Gasteiger partial charge in [0.1, 0.15) is 5.82 Å². The summed E-state index contributed by atoms with van der Waals surface area (Å²) in [6.45, 7) is 1.81. The Bertz CT molecular complexity index is 745. The predicted octanol–water partition coefficient (Wildman–Crippen LogP) is 2.11. The van der Waals surface area contributed by atoms with Crippen molar-refractivity contribution in [3.8, 4) is 11.3 Å². The monoisotopic (exact) mass is 297 g/mol. The van der Waals surface area contributed by atoms with Crippen LogP contribution >= 0.6 is 0 Å². The molecule has 1 aliphatic carbocycles. The second kappa shape index (κ2) is 5.55. The van der Waals surface area contributed by atoms with E-state index in [4.69, 9.17) is 5.11 Å². The Hall–Kier alpha value is -2.76. The van der Waals surface area contributed by atoms with Gasteiger partial charge in [0.15, 0.2) is 0 Å². The van der Waals surface area contributed by atoms with Gasteiger partial charge in [0.25, 0.3) is 0 Å². The summed E-state index contributed by atoms with van der Waals surface area (Å²) >= 11 is 0. The van der Waals surface area contributed by atoms with Crippen LogP contribution in [-0.4, -0.2) is 27.0 Å². The number of hydrogen-bond acceptors (Lipinski definition) is 4. The molecule has 6 nitrogen and oxygen atoms in total. The fraction of sp³-hybridized carbons (Fsp3) is 0.250. The Kier molecular flexibility index (Phi) is 3.58. The maximum absolute atomic E-state index is 12.0. The van der Waals surface area contributed by atoms with Crippen molar-refractivity contribution < 1.29 is 14.7 Å². The number of amides is 1. The number of rotatable bonds is 4. The molecule has 2 unspecified atom stereocenters. The van der Waals surface area contributed by atoms with Crippen molar-refractivity contribution in [2.75, 3.05) is 5.32 Å². The Morgan fingerprint density at radius 3 is 2.77 bits per heavy atom. The van der Waals surface area contributed by atoms with Crippen LogP contribution < -0.4 is 5.32 Å². The Morgan fingerprint density at radius 2 is 2.09 bits per heavy atom. The Morgan fingerprint density at radius 1 is 1.27 bits per heavy atom. The Balaban J connectivity index is 1.75. The average molecular weight is 297 g/mol. The third-order valence-corrected chi connectivity index (χ3v) is 3.65. The summed E-state index contributed by atoms with van der Waals surface area (Å²) in [4.78, 5) is 31.2. The first kappa shape index (κ1) is 14.2. The highest BCUT2D eigenvalue weighted by Gasteiger charge is 2.48. The van der Waals surface area contributed by atoms with Crippen molar-refractivity contribution in [3.05, 3.63) is 42.4 Å². The fourth-order valence-corrected chi connectivity index (χ4v) is 2.37. The van der Waals surface area contributed by atoms with Gasteiger partial charge in [-0.15, -0.1) is 0 Å². The third-order valence-electron chi connectivity index (χ3n) is 3.65. The van der Waals surface area contributed by atoms with E-state index in [1.807, 2.05) is 25.1 Å². The van der Waals surface area contributed by atoms with Gasteiger partial charge in [0.05, 0.1) is 17.5 Å². The topological polar surface area (TPSA) is 92.2 Å². The molecule has 112 valence electrons. The second-order valence-corrected chi connectivity index (χ2v) is 5.35. The van der Waals surface area contributed by atoms with Crippen LogP contribution in [0.3, 0.4) is 0 Å². The lowest BCUT2D eigenvalue weighted by Crippen LogP contribution is -2.16. The van der Waals surface area contributed by atoms with E-state index in [0.717, 1.165) is 11.3 Å². The lowest BCUT2D eigenvalue weighted by Gasteiger charge is -2.07. The number of carboxylic acid groups (broad SMARTS) is 1. The highest BCUT2D eigenvalue weighted by molar-refractivity contribution is 5.98. The van der Waals surface area contributed by atoms with Gasteiger partial charge in [0, 0.05) is 17.4 Å². The molecule has 0 bridgehead atoms. The van der Waals surface area contributed by atoms with Gasteiger partial charge in [-0.1, -0.05) is 12.1 Å². The van der Waals surface area contributed by atoms with Crippen molar-refractivity contribution in [2.45, 2.75) is 13.3 Å². The molecule has 1 heterocycles. The molecule has 1 amide bonds. The highest BCUT2D eigenvalue weighted by atomic mass is 16.4. The minimum atomic E-state index is -0.912. The van der Waals surface area contributed by atoms with Gasteiger partial charge in [-0.3, -0.25) is 9.59 Å². The molecule has 1 aromatic heterocycles. The zero-order chi connectivity index (χ0) is 15.7. The molecule has 1 saturated carbocycles. The van der Waals surface area contributed by atoms with Gasteiger partial charge < -0.3 is 10.4 Å². The minimum Gasteiger partial charge on any atom is -0.481 e. The zero-order valence-corrected chi connectivity index (χ0v) is 12.0. The van der Waals surface area contributed by atoms with Crippen LogP contribution in [-0.2, 0) is 9.59 Å². The minimum absolute atomic E-state index is 0.247. The molecule has 22 heavy (non-hydrogen) atoms. The van der Waals surface area contributed by atoms with Crippen molar-refractivity contribution in [3.63, 3.8) is 0 Å². The SMILES string of the molecule is Cc1nccc(-c2cccc(NC(=O)C3CC3C(=O)O)c2)n1. The van der Waals surface area contributed by atoms with E-state index < -0.39 is 17.8 Å². The van der Waals surface area contributed by atoms with E-state index >= 15 is 0 Å². The first-order valence-electron chi connectivity index (χ1n) is 6.98. The smallest absolute Gasteiger partial charge is 0.307 e. The molecule has 1 fully saturated rings. The van der Waals surface area contributed by atoms with Crippen LogP contribution in [0.15, 0.2) is 36.5 Å². The second-order valence-electron chi connectivity index (χ2n) is 5.35. The number of aromatic nitrogens is 2. The first-order valence-corrected chi connectivity index (χ1v) is 6.98. The molecule has 2 atom stereocenters. The largest absolute Gasteiger partial charge is 0.481 e. The average Bonchev–Trinajstić information content (AvgIpc) is 3.28. The van der Waals surface area contributed by atoms with Crippen LogP contribution in [0.1, 0.15) is 12.2 Å². The van der Waals surface area contributed by atoms with Crippen LogP contribution in [0, 0.1) is 18.8 Å². The number of carbonyl (C=O) groups is 2. The molecule has 6 heteroatoms. The highest BCUT2D eigenvalue weighted by Crippen LogP contribution is 2.39. The fourth-order valence-electron chi connectivity index (χ4n) is 2.37. The quantitative estimate of drug-likeness (QED) is 0.901. The van der Waals surface area contributed by atoms with E-state index in [0.29, 0.717) is 17.9 Å². The normalized spacial score (nSPS) is 19.5. The van der Waals surface area contributed by atoms with Gasteiger partial charge in [-0.25, -0.2) is 9.97 Å². The number of aliphatic carboxylic acids is 1. The number of hydrogen-bond donors (Lipinski definition) is 2. The van der Waals surface area contributed by atoms with Crippen LogP contribution in [0.4, 0.5) is 5.69 Å². The van der Waals surface area contributed by atoms with Crippen molar-refractivity contribution in [1.29, 1.82) is 0 Å². The molecule has 0 spiro atoms. The zero-order valence-electron chi connectivity index (χ0n) is 12.0. The molecule has 0 saturated heterocycles. The van der Waals surface area contributed by atoms with Crippen LogP contribution in [0.5, 0.6) is 0 Å². The maximum Gasteiger partial charge on any atom is 0.307 e. The van der Waals surface area contributed by atoms with E-state index in [1.54, 1.807) is 18.3 Å². The number of nitrogens with one attached hydrogen (secondary N) is 1. The number of anilines is 1.